The molecule has 0 radical (unpaired) electrons. The molecular formula is C12H11NO4. The van der Waals surface area contributed by atoms with Gasteiger partial charge in [0.1, 0.15) is 5.69 Å². The number of hydrogen-bond donors (Lipinski definition) is 2. The number of benzene rings is 1. The van der Waals surface area contributed by atoms with E-state index in [-0.39, 0.29) is 5.69 Å². The molecule has 17 heavy (non-hydrogen) atoms. The molecule has 0 atom stereocenters. The number of carbonyl (C=O) groups excluding carboxylic acids is 1. The zero-order valence-corrected chi connectivity index (χ0v) is 9.40. The van der Waals surface area contributed by atoms with Crippen LogP contribution in [0.3, 0.4) is 0 Å². The fourth-order valence-electron chi connectivity index (χ4n) is 1.80. The zero-order chi connectivity index (χ0) is 12.6. The van der Waals surface area contributed by atoms with E-state index >= 15 is 0 Å². The molecule has 0 aliphatic rings. The zero-order valence-electron chi connectivity index (χ0n) is 9.40. The van der Waals surface area contributed by atoms with Crippen LogP contribution in [0.2, 0.25) is 0 Å². The molecule has 0 saturated heterocycles. The van der Waals surface area contributed by atoms with Crippen LogP contribution in [0.5, 0.6) is 0 Å². The maximum atomic E-state index is 11.3. The highest BCUT2D eigenvalue weighted by atomic mass is 16.5. The fourth-order valence-corrected chi connectivity index (χ4v) is 1.80. The SMILES string of the molecule is COC(=O)c1ccc2c(C)c(C(=O)O)[nH]c2c1. The van der Waals surface area contributed by atoms with Gasteiger partial charge in [-0.1, -0.05) is 6.07 Å². The number of H-pyrrole nitrogens is 1. The Balaban J connectivity index is 2.63. The molecule has 0 aliphatic carbocycles. The number of carbonyl (C=O) groups is 2. The van der Waals surface area contributed by atoms with Gasteiger partial charge in [-0.25, -0.2) is 9.59 Å². The summed E-state index contributed by atoms with van der Waals surface area (Å²) in [6, 6.07) is 4.90. The van der Waals surface area contributed by atoms with Crippen molar-refractivity contribution >= 4 is 22.8 Å². The number of carboxylic acids is 1. The lowest BCUT2D eigenvalue weighted by Gasteiger charge is -1.98. The van der Waals surface area contributed by atoms with Crippen LogP contribution in [0.4, 0.5) is 0 Å². The first-order chi connectivity index (χ1) is 8.04. The maximum Gasteiger partial charge on any atom is 0.352 e. The highest BCUT2D eigenvalue weighted by molar-refractivity contribution is 6.00. The Hall–Kier alpha value is -2.30. The number of rotatable bonds is 2. The van der Waals surface area contributed by atoms with Gasteiger partial charge in [0.05, 0.1) is 12.7 Å². The number of aromatic carboxylic acids is 1. The van der Waals surface area contributed by atoms with Crippen LogP contribution >= 0.6 is 0 Å². The molecule has 2 rings (SSSR count). The van der Waals surface area contributed by atoms with Gasteiger partial charge in [0.15, 0.2) is 0 Å². The quantitative estimate of drug-likeness (QED) is 0.777. The first-order valence-electron chi connectivity index (χ1n) is 4.98. The van der Waals surface area contributed by atoms with E-state index in [0.717, 1.165) is 5.39 Å². The van der Waals surface area contributed by atoms with Crippen molar-refractivity contribution in [3.8, 4) is 0 Å². The summed E-state index contributed by atoms with van der Waals surface area (Å²) >= 11 is 0. The average molecular weight is 233 g/mol. The molecule has 88 valence electrons. The van der Waals surface area contributed by atoms with Crippen LogP contribution in [0.25, 0.3) is 10.9 Å². The van der Waals surface area contributed by atoms with Crippen LogP contribution in [0, 0.1) is 6.92 Å². The number of aryl methyl sites for hydroxylation is 1. The lowest BCUT2D eigenvalue weighted by atomic mass is 10.1. The molecule has 2 N–H and O–H groups in total. The van der Waals surface area contributed by atoms with E-state index < -0.39 is 11.9 Å². The van der Waals surface area contributed by atoms with Crippen molar-refractivity contribution in [2.45, 2.75) is 6.92 Å². The second kappa shape index (κ2) is 3.93. The van der Waals surface area contributed by atoms with E-state index in [4.69, 9.17) is 5.11 Å². The predicted octanol–water partition coefficient (Wildman–Crippen LogP) is 1.96. The molecule has 0 spiro atoms. The smallest absolute Gasteiger partial charge is 0.352 e. The maximum absolute atomic E-state index is 11.3. The van der Waals surface area contributed by atoms with Crippen LogP contribution in [0.15, 0.2) is 18.2 Å². The molecular weight excluding hydrogens is 222 g/mol. The number of hydrogen-bond acceptors (Lipinski definition) is 3. The number of nitrogens with one attached hydrogen (secondary N) is 1. The van der Waals surface area contributed by atoms with Gasteiger partial charge in [-0.3, -0.25) is 0 Å². The Kier molecular flexibility index (Phi) is 2.59. The lowest BCUT2D eigenvalue weighted by molar-refractivity contribution is 0.0600. The summed E-state index contributed by atoms with van der Waals surface area (Å²) in [5, 5.41) is 9.76. The molecule has 0 saturated carbocycles. The third-order valence-corrected chi connectivity index (χ3v) is 2.69. The van der Waals surface area contributed by atoms with E-state index in [1.165, 1.54) is 7.11 Å². The average Bonchev–Trinajstić information content (AvgIpc) is 2.65. The first-order valence-corrected chi connectivity index (χ1v) is 4.98. The van der Waals surface area contributed by atoms with Gasteiger partial charge in [-0.05, 0) is 24.6 Å². The van der Waals surface area contributed by atoms with Gasteiger partial charge in [0.25, 0.3) is 0 Å². The van der Waals surface area contributed by atoms with E-state index in [1.54, 1.807) is 25.1 Å². The Bertz CT molecular complexity index is 612. The Morgan fingerprint density at radius 1 is 1.35 bits per heavy atom. The summed E-state index contributed by atoms with van der Waals surface area (Å²) in [7, 11) is 1.30. The van der Waals surface area contributed by atoms with Gasteiger partial charge in [-0.2, -0.15) is 0 Å². The minimum Gasteiger partial charge on any atom is -0.477 e. The van der Waals surface area contributed by atoms with Gasteiger partial charge in [0.2, 0.25) is 0 Å². The van der Waals surface area contributed by atoms with Crippen molar-refractivity contribution in [2.24, 2.45) is 0 Å². The minimum atomic E-state index is -1.02. The molecule has 1 heterocycles. The summed E-state index contributed by atoms with van der Waals surface area (Å²) in [5.41, 5.74) is 1.80. The van der Waals surface area contributed by atoms with Gasteiger partial charge >= 0.3 is 11.9 Å². The number of esters is 1. The second-order valence-corrected chi connectivity index (χ2v) is 3.68. The van der Waals surface area contributed by atoms with Crippen molar-refractivity contribution in [3.63, 3.8) is 0 Å². The van der Waals surface area contributed by atoms with Crippen molar-refractivity contribution < 1.29 is 19.4 Å². The third-order valence-electron chi connectivity index (χ3n) is 2.69. The van der Waals surface area contributed by atoms with Crippen LogP contribution in [-0.2, 0) is 4.74 Å². The van der Waals surface area contributed by atoms with E-state index in [1.807, 2.05) is 0 Å². The van der Waals surface area contributed by atoms with Crippen LogP contribution < -0.4 is 0 Å². The molecule has 0 unspecified atom stereocenters. The first kappa shape index (κ1) is 11.2. The van der Waals surface area contributed by atoms with Crippen molar-refractivity contribution in [1.82, 2.24) is 4.98 Å². The van der Waals surface area contributed by atoms with E-state index in [2.05, 4.69) is 9.72 Å². The summed E-state index contributed by atoms with van der Waals surface area (Å²) in [6.45, 7) is 1.72. The molecule has 5 nitrogen and oxygen atoms in total. The summed E-state index contributed by atoms with van der Waals surface area (Å²) in [6.07, 6.45) is 0. The normalized spacial score (nSPS) is 10.5. The molecule has 5 heteroatoms. The van der Waals surface area contributed by atoms with E-state index in [0.29, 0.717) is 16.6 Å². The minimum absolute atomic E-state index is 0.141. The molecule has 1 aromatic heterocycles. The number of fused-ring (bicyclic) bond motifs is 1. The Morgan fingerprint density at radius 2 is 2.06 bits per heavy atom. The largest absolute Gasteiger partial charge is 0.477 e. The van der Waals surface area contributed by atoms with Crippen LogP contribution in [0.1, 0.15) is 26.4 Å². The van der Waals surface area contributed by atoms with Crippen molar-refractivity contribution in [2.75, 3.05) is 7.11 Å². The molecule has 2 aromatic rings. The van der Waals surface area contributed by atoms with Crippen molar-refractivity contribution in [1.29, 1.82) is 0 Å². The van der Waals surface area contributed by atoms with Gasteiger partial charge < -0.3 is 14.8 Å². The molecule has 0 amide bonds. The highest BCUT2D eigenvalue weighted by Crippen LogP contribution is 2.23. The second-order valence-electron chi connectivity index (χ2n) is 3.68. The number of methoxy groups -OCH3 is 1. The Morgan fingerprint density at radius 3 is 2.65 bits per heavy atom. The van der Waals surface area contributed by atoms with Gasteiger partial charge in [-0.15, -0.1) is 0 Å². The number of aromatic amines is 1. The Labute approximate surface area is 97.0 Å². The standard InChI is InChI=1S/C12H11NO4/c1-6-8-4-3-7(12(16)17-2)5-9(8)13-10(6)11(14)15/h3-5,13H,1-2H3,(H,14,15). The number of carboxylic acid groups (broad SMARTS) is 1. The topological polar surface area (TPSA) is 79.4 Å². The number of ether oxygens (including phenoxy) is 1. The molecule has 1 aromatic carbocycles. The van der Waals surface area contributed by atoms with E-state index in [9.17, 15) is 9.59 Å². The monoisotopic (exact) mass is 233 g/mol. The molecule has 0 bridgehead atoms. The number of aromatic nitrogens is 1. The predicted molar refractivity (Wildman–Crippen MR) is 61.3 cm³/mol. The van der Waals surface area contributed by atoms with Crippen molar-refractivity contribution in [3.05, 3.63) is 35.0 Å². The summed E-state index contributed by atoms with van der Waals surface area (Å²) in [4.78, 5) is 25.0. The third kappa shape index (κ3) is 1.75. The van der Waals surface area contributed by atoms with Gasteiger partial charge in [0, 0.05) is 10.9 Å². The lowest BCUT2D eigenvalue weighted by Crippen LogP contribution is -2.00. The summed E-state index contributed by atoms with van der Waals surface area (Å²) in [5.74, 6) is -1.46. The highest BCUT2D eigenvalue weighted by Gasteiger charge is 2.15. The summed E-state index contributed by atoms with van der Waals surface area (Å²) < 4.78 is 4.60. The molecule has 0 aliphatic heterocycles. The molecule has 0 fully saturated rings. The van der Waals surface area contributed by atoms with Crippen LogP contribution in [-0.4, -0.2) is 29.1 Å². The fraction of sp³-hybridized carbons (Fsp3) is 0.167.